The lowest BCUT2D eigenvalue weighted by Crippen LogP contribution is -2.38. The van der Waals surface area contributed by atoms with Crippen molar-refractivity contribution in [1.82, 2.24) is 4.90 Å². The molecule has 1 fully saturated rings. The van der Waals surface area contributed by atoms with Crippen molar-refractivity contribution in [3.63, 3.8) is 0 Å². The smallest absolute Gasteiger partial charge is 0.0702 e. The molecule has 0 saturated carbocycles. The zero-order chi connectivity index (χ0) is 10.2. The van der Waals surface area contributed by atoms with Crippen LogP contribution in [0.15, 0.2) is 0 Å². The van der Waals surface area contributed by atoms with E-state index in [1.165, 1.54) is 12.8 Å². The molecule has 0 spiro atoms. The molecule has 1 rings (SSSR count). The van der Waals surface area contributed by atoms with Crippen LogP contribution in [-0.4, -0.2) is 57.5 Å². The fourth-order valence-electron chi connectivity index (χ4n) is 1.77. The van der Waals surface area contributed by atoms with Crippen LogP contribution in [0.5, 0.6) is 0 Å². The van der Waals surface area contributed by atoms with E-state index in [0.29, 0.717) is 12.6 Å². The molecule has 1 heterocycles. The van der Waals surface area contributed by atoms with Crippen molar-refractivity contribution in [3.05, 3.63) is 0 Å². The summed E-state index contributed by atoms with van der Waals surface area (Å²) in [5.41, 5.74) is 5.55. The van der Waals surface area contributed by atoms with Crippen LogP contribution in [0.1, 0.15) is 12.8 Å². The van der Waals surface area contributed by atoms with Gasteiger partial charge in [0.1, 0.15) is 0 Å². The van der Waals surface area contributed by atoms with Gasteiger partial charge < -0.3 is 15.2 Å². The molecule has 14 heavy (non-hydrogen) atoms. The second-order valence-corrected chi connectivity index (χ2v) is 3.72. The molecule has 0 aromatic rings. The molecule has 1 aliphatic heterocycles. The summed E-state index contributed by atoms with van der Waals surface area (Å²) in [7, 11) is 1.73. The Bertz CT molecular complexity index is 138. The minimum Gasteiger partial charge on any atom is -0.383 e. The third-order valence-electron chi connectivity index (χ3n) is 2.54. The van der Waals surface area contributed by atoms with E-state index in [2.05, 4.69) is 4.90 Å². The topological polar surface area (TPSA) is 47.7 Å². The maximum absolute atomic E-state index is 5.59. The Morgan fingerprint density at radius 1 is 1.50 bits per heavy atom. The van der Waals surface area contributed by atoms with Crippen LogP contribution in [0.2, 0.25) is 0 Å². The fourth-order valence-corrected chi connectivity index (χ4v) is 1.77. The first-order valence-corrected chi connectivity index (χ1v) is 5.39. The van der Waals surface area contributed by atoms with Crippen LogP contribution in [0, 0.1) is 0 Å². The van der Waals surface area contributed by atoms with Gasteiger partial charge in [-0.25, -0.2) is 0 Å². The van der Waals surface area contributed by atoms with Crippen LogP contribution in [0.3, 0.4) is 0 Å². The van der Waals surface area contributed by atoms with Crippen molar-refractivity contribution in [2.24, 2.45) is 5.73 Å². The molecule has 4 heteroatoms. The molecule has 1 saturated heterocycles. The van der Waals surface area contributed by atoms with Crippen LogP contribution in [-0.2, 0) is 9.47 Å². The molecule has 1 unspecified atom stereocenters. The summed E-state index contributed by atoms with van der Waals surface area (Å²) >= 11 is 0. The molecule has 84 valence electrons. The second-order valence-electron chi connectivity index (χ2n) is 3.72. The molecule has 0 bridgehead atoms. The van der Waals surface area contributed by atoms with Gasteiger partial charge in [0, 0.05) is 39.9 Å². The molecule has 0 amide bonds. The highest BCUT2D eigenvalue weighted by Crippen LogP contribution is 2.12. The Balaban J connectivity index is 2.18. The van der Waals surface area contributed by atoms with Gasteiger partial charge in [-0.2, -0.15) is 0 Å². The third-order valence-corrected chi connectivity index (χ3v) is 2.54. The van der Waals surface area contributed by atoms with E-state index in [9.17, 15) is 0 Å². The van der Waals surface area contributed by atoms with E-state index < -0.39 is 0 Å². The molecule has 0 radical (unpaired) electrons. The van der Waals surface area contributed by atoms with Crippen molar-refractivity contribution in [3.8, 4) is 0 Å². The molecular formula is C10H22N2O2. The summed E-state index contributed by atoms with van der Waals surface area (Å²) in [4.78, 5) is 2.32. The number of hydrogen-bond donors (Lipinski definition) is 1. The maximum atomic E-state index is 5.59. The number of nitrogens with zero attached hydrogens (tertiary/aromatic N) is 1. The van der Waals surface area contributed by atoms with Crippen LogP contribution in [0.4, 0.5) is 0 Å². The SMILES string of the molecule is COCCN(CCN)CC1CCCO1. The first-order valence-electron chi connectivity index (χ1n) is 5.39. The average molecular weight is 202 g/mol. The lowest BCUT2D eigenvalue weighted by Gasteiger charge is -2.24. The van der Waals surface area contributed by atoms with E-state index >= 15 is 0 Å². The monoisotopic (exact) mass is 202 g/mol. The normalized spacial score (nSPS) is 22.1. The van der Waals surface area contributed by atoms with Gasteiger partial charge in [0.15, 0.2) is 0 Å². The van der Waals surface area contributed by atoms with E-state index in [1.54, 1.807) is 7.11 Å². The van der Waals surface area contributed by atoms with Crippen LogP contribution < -0.4 is 5.73 Å². The predicted octanol–water partition coefficient (Wildman–Crippen LogP) is 0.0725. The summed E-state index contributed by atoms with van der Waals surface area (Å²) < 4.78 is 10.6. The van der Waals surface area contributed by atoms with Gasteiger partial charge in [-0.05, 0) is 12.8 Å². The quantitative estimate of drug-likeness (QED) is 0.635. The second kappa shape index (κ2) is 7.17. The average Bonchev–Trinajstić information content (AvgIpc) is 2.67. The Hall–Kier alpha value is -0.160. The van der Waals surface area contributed by atoms with E-state index in [4.69, 9.17) is 15.2 Å². The van der Waals surface area contributed by atoms with Crippen molar-refractivity contribution >= 4 is 0 Å². The Labute approximate surface area is 86.3 Å². The van der Waals surface area contributed by atoms with E-state index in [1.807, 2.05) is 0 Å². The van der Waals surface area contributed by atoms with Crippen molar-refractivity contribution in [1.29, 1.82) is 0 Å². The summed E-state index contributed by atoms with van der Waals surface area (Å²) in [5.74, 6) is 0. The summed E-state index contributed by atoms with van der Waals surface area (Å²) in [6, 6.07) is 0. The molecule has 1 atom stereocenters. The van der Waals surface area contributed by atoms with Gasteiger partial charge in [-0.1, -0.05) is 0 Å². The third kappa shape index (κ3) is 4.37. The van der Waals surface area contributed by atoms with Crippen molar-refractivity contribution < 1.29 is 9.47 Å². The number of hydrogen-bond acceptors (Lipinski definition) is 4. The van der Waals surface area contributed by atoms with Gasteiger partial charge >= 0.3 is 0 Å². The first-order chi connectivity index (χ1) is 6.86. The van der Waals surface area contributed by atoms with E-state index in [0.717, 1.165) is 32.8 Å². The predicted molar refractivity (Wildman–Crippen MR) is 56.3 cm³/mol. The highest BCUT2D eigenvalue weighted by atomic mass is 16.5. The molecule has 1 aliphatic rings. The lowest BCUT2D eigenvalue weighted by molar-refractivity contribution is 0.0629. The fraction of sp³-hybridized carbons (Fsp3) is 1.00. The van der Waals surface area contributed by atoms with Gasteiger partial charge in [0.05, 0.1) is 12.7 Å². The lowest BCUT2D eigenvalue weighted by atomic mass is 10.2. The van der Waals surface area contributed by atoms with Gasteiger partial charge in [-0.15, -0.1) is 0 Å². The largest absolute Gasteiger partial charge is 0.383 e. The first kappa shape index (κ1) is 11.9. The van der Waals surface area contributed by atoms with Crippen LogP contribution >= 0.6 is 0 Å². The zero-order valence-corrected chi connectivity index (χ0v) is 9.08. The van der Waals surface area contributed by atoms with Crippen molar-refractivity contribution in [2.75, 3.05) is 46.5 Å². The molecule has 4 nitrogen and oxygen atoms in total. The Morgan fingerprint density at radius 2 is 2.36 bits per heavy atom. The highest BCUT2D eigenvalue weighted by molar-refractivity contribution is 4.70. The number of methoxy groups -OCH3 is 1. The van der Waals surface area contributed by atoms with Gasteiger partial charge in [0.2, 0.25) is 0 Å². The zero-order valence-electron chi connectivity index (χ0n) is 9.08. The number of nitrogens with two attached hydrogens (primary N) is 1. The molecule has 2 N–H and O–H groups in total. The molecule has 0 aromatic heterocycles. The van der Waals surface area contributed by atoms with Crippen LogP contribution in [0.25, 0.3) is 0 Å². The minimum atomic E-state index is 0.415. The molecular weight excluding hydrogens is 180 g/mol. The molecule has 0 aliphatic carbocycles. The van der Waals surface area contributed by atoms with Gasteiger partial charge in [-0.3, -0.25) is 4.90 Å². The van der Waals surface area contributed by atoms with Gasteiger partial charge in [0.25, 0.3) is 0 Å². The highest BCUT2D eigenvalue weighted by Gasteiger charge is 2.18. The Kier molecular flexibility index (Phi) is 6.10. The van der Waals surface area contributed by atoms with Crippen molar-refractivity contribution in [2.45, 2.75) is 18.9 Å². The standard InChI is InChI=1S/C10H22N2O2/c1-13-8-6-12(5-4-11)9-10-3-2-7-14-10/h10H,2-9,11H2,1H3. The Morgan fingerprint density at radius 3 is 2.93 bits per heavy atom. The minimum absolute atomic E-state index is 0.415. The summed E-state index contributed by atoms with van der Waals surface area (Å²) in [5, 5.41) is 0. The van der Waals surface area contributed by atoms with E-state index in [-0.39, 0.29) is 0 Å². The molecule has 0 aromatic carbocycles. The summed E-state index contributed by atoms with van der Waals surface area (Å²) in [6.45, 7) is 5.28. The maximum Gasteiger partial charge on any atom is 0.0702 e. The number of ether oxygens (including phenoxy) is 2. The summed E-state index contributed by atoms with van der Waals surface area (Å²) in [6.07, 6.45) is 2.80. The number of rotatable bonds is 7.